The minimum Gasteiger partial charge on any atom is -0.336 e. The summed E-state index contributed by atoms with van der Waals surface area (Å²) in [5, 5.41) is 4.28. The maximum absolute atomic E-state index is 13.2. The third-order valence-corrected chi connectivity index (χ3v) is 4.58. The predicted octanol–water partition coefficient (Wildman–Crippen LogP) is 3.57. The molecule has 1 atom stereocenters. The molecule has 2 aromatic heterocycles. The van der Waals surface area contributed by atoms with Gasteiger partial charge in [0.1, 0.15) is 0 Å². The van der Waals surface area contributed by atoms with Crippen molar-refractivity contribution in [2.24, 2.45) is 0 Å². The first-order valence-corrected chi connectivity index (χ1v) is 8.55. The van der Waals surface area contributed by atoms with Crippen LogP contribution in [0.3, 0.4) is 0 Å². The van der Waals surface area contributed by atoms with Gasteiger partial charge in [0.25, 0.3) is 5.91 Å². The first kappa shape index (κ1) is 21.1. The van der Waals surface area contributed by atoms with Crippen LogP contribution in [0, 0.1) is 0 Å². The molecule has 1 amide bonds. The summed E-state index contributed by atoms with van der Waals surface area (Å²) in [5.74, 6) is 0.0715. The van der Waals surface area contributed by atoms with Crippen LogP contribution in [-0.2, 0) is 0 Å². The molecular weight excluding hydrogens is 383 g/mol. The Morgan fingerprint density at radius 1 is 1.15 bits per heavy atom. The second-order valence-corrected chi connectivity index (χ2v) is 6.41. The van der Waals surface area contributed by atoms with Gasteiger partial charge in [-0.15, -0.1) is 24.8 Å². The topological polar surface area (TPSA) is 58.1 Å². The molecular formula is C20H22Cl2N4O. The fraction of sp³-hybridized carbons (Fsp3) is 0.250. The SMILES string of the molecule is CC1CN(C(=O)c2cc(-c3ccncc3)nc3ccccc23)CCN1.Cl.Cl. The summed E-state index contributed by atoms with van der Waals surface area (Å²) in [6, 6.07) is 13.9. The lowest BCUT2D eigenvalue weighted by Gasteiger charge is -2.32. The smallest absolute Gasteiger partial charge is 0.254 e. The van der Waals surface area contributed by atoms with Crippen LogP contribution in [0.15, 0.2) is 54.9 Å². The number of amides is 1. The van der Waals surface area contributed by atoms with Gasteiger partial charge in [-0.1, -0.05) is 18.2 Å². The standard InChI is InChI=1S/C20H20N4O.2ClH/c1-14-13-24(11-10-22-14)20(25)17-12-19(15-6-8-21-9-7-15)23-18-5-3-2-4-16(17)18;;/h2-9,12,14,22H,10-11,13H2,1H3;2*1H. The number of aromatic nitrogens is 2. The highest BCUT2D eigenvalue weighted by molar-refractivity contribution is 6.07. The summed E-state index contributed by atoms with van der Waals surface area (Å²) >= 11 is 0. The van der Waals surface area contributed by atoms with Crippen molar-refractivity contribution in [2.75, 3.05) is 19.6 Å². The molecule has 0 radical (unpaired) electrons. The van der Waals surface area contributed by atoms with Crippen LogP contribution in [0.25, 0.3) is 22.2 Å². The summed E-state index contributed by atoms with van der Waals surface area (Å²) in [7, 11) is 0. The number of carbonyl (C=O) groups is 1. The summed E-state index contributed by atoms with van der Waals surface area (Å²) in [6.07, 6.45) is 3.48. The molecule has 0 spiro atoms. The Balaban J connectivity index is 0.00000131. The molecule has 5 nitrogen and oxygen atoms in total. The third kappa shape index (κ3) is 4.38. The fourth-order valence-corrected chi connectivity index (χ4v) is 3.31. The molecule has 27 heavy (non-hydrogen) atoms. The number of halogens is 2. The number of hydrogen-bond acceptors (Lipinski definition) is 4. The lowest BCUT2D eigenvalue weighted by atomic mass is 10.0. The maximum atomic E-state index is 13.2. The van der Waals surface area contributed by atoms with E-state index in [4.69, 9.17) is 4.98 Å². The zero-order valence-electron chi connectivity index (χ0n) is 15.0. The van der Waals surface area contributed by atoms with Crippen LogP contribution < -0.4 is 5.32 Å². The number of carbonyl (C=O) groups excluding carboxylic acids is 1. The molecule has 1 aliphatic rings. The average molecular weight is 405 g/mol. The minimum atomic E-state index is 0. The van der Waals surface area contributed by atoms with Crippen molar-refractivity contribution < 1.29 is 4.79 Å². The Morgan fingerprint density at radius 2 is 1.89 bits per heavy atom. The van der Waals surface area contributed by atoms with Crippen molar-refractivity contribution in [2.45, 2.75) is 13.0 Å². The second kappa shape index (κ2) is 9.13. The van der Waals surface area contributed by atoms with Gasteiger partial charge in [0, 0.05) is 49.0 Å². The predicted molar refractivity (Wildman–Crippen MR) is 113 cm³/mol. The largest absolute Gasteiger partial charge is 0.336 e. The summed E-state index contributed by atoms with van der Waals surface area (Å²) in [4.78, 5) is 23.9. The number of fused-ring (bicyclic) bond motifs is 1. The highest BCUT2D eigenvalue weighted by Gasteiger charge is 2.23. The van der Waals surface area contributed by atoms with Gasteiger partial charge in [-0.3, -0.25) is 9.78 Å². The zero-order chi connectivity index (χ0) is 17.2. The lowest BCUT2D eigenvalue weighted by molar-refractivity contribution is 0.0711. The highest BCUT2D eigenvalue weighted by Crippen LogP contribution is 2.25. The van der Waals surface area contributed by atoms with Crippen LogP contribution in [-0.4, -0.2) is 46.5 Å². The molecule has 0 bridgehead atoms. The van der Waals surface area contributed by atoms with Crippen LogP contribution in [0.5, 0.6) is 0 Å². The molecule has 1 saturated heterocycles. The number of piperazine rings is 1. The first-order chi connectivity index (χ1) is 12.2. The van der Waals surface area contributed by atoms with Crippen LogP contribution in [0.1, 0.15) is 17.3 Å². The molecule has 1 unspecified atom stereocenters. The van der Waals surface area contributed by atoms with Crippen LogP contribution in [0.2, 0.25) is 0 Å². The van der Waals surface area contributed by atoms with E-state index in [1.165, 1.54) is 0 Å². The fourth-order valence-electron chi connectivity index (χ4n) is 3.31. The van der Waals surface area contributed by atoms with Crippen molar-refractivity contribution >= 4 is 41.6 Å². The van der Waals surface area contributed by atoms with E-state index in [1.54, 1.807) is 12.4 Å². The molecule has 1 fully saturated rings. The van der Waals surface area contributed by atoms with E-state index in [0.717, 1.165) is 41.8 Å². The van der Waals surface area contributed by atoms with Gasteiger partial charge in [-0.05, 0) is 31.2 Å². The quantitative estimate of drug-likeness (QED) is 0.708. The van der Waals surface area contributed by atoms with Gasteiger partial charge in [-0.25, -0.2) is 4.98 Å². The van der Waals surface area contributed by atoms with E-state index < -0.39 is 0 Å². The van der Waals surface area contributed by atoms with E-state index in [9.17, 15) is 4.79 Å². The van der Waals surface area contributed by atoms with Gasteiger partial charge in [0.15, 0.2) is 0 Å². The van der Waals surface area contributed by atoms with E-state index in [0.29, 0.717) is 11.6 Å². The Labute approximate surface area is 171 Å². The van der Waals surface area contributed by atoms with Gasteiger partial charge in [0.2, 0.25) is 0 Å². The van der Waals surface area contributed by atoms with E-state index >= 15 is 0 Å². The second-order valence-electron chi connectivity index (χ2n) is 6.41. The van der Waals surface area contributed by atoms with Crippen LogP contribution >= 0.6 is 24.8 Å². The van der Waals surface area contributed by atoms with Gasteiger partial charge in [0.05, 0.1) is 16.8 Å². The molecule has 1 aromatic carbocycles. The molecule has 3 heterocycles. The van der Waals surface area contributed by atoms with Crippen LogP contribution in [0.4, 0.5) is 0 Å². The number of nitrogens with one attached hydrogen (secondary N) is 1. The Hall–Kier alpha value is -2.21. The highest BCUT2D eigenvalue weighted by atomic mass is 35.5. The Kier molecular flexibility index (Phi) is 7.13. The zero-order valence-corrected chi connectivity index (χ0v) is 16.6. The van der Waals surface area contributed by atoms with Crippen molar-refractivity contribution in [1.82, 2.24) is 20.2 Å². The molecule has 0 aliphatic carbocycles. The Bertz CT molecular complexity index is 920. The number of pyridine rings is 2. The number of hydrogen-bond donors (Lipinski definition) is 1. The summed E-state index contributed by atoms with van der Waals surface area (Å²) in [6.45, 7) is 4.38. The van der Waals surface area contributed by atoms with Gasteiger partial charge < -0.3 is 10.2 Å². The molecule has 1 N–H and O–H groups in total. The Morgan fingerprint density at radius 3 is 2.63 bits per heavy atom. The first-order valence-electron chi connectivity index (χ1n) is 8.55. The molecule has 1 aliphatic heterocycles. The monoisotopic (exact) mass is 404 g/mol. The summed E-state index contributed by atoms with van der Waals surface area (Å²) in [5.41, 5.74) is 3.31. The molecule has 7 heteroatoms. The molecule has 4 rings (SSSR count). The maximum Gasteiger partial charge on any atom is 0.254 e. The normalized spacial score (nSPS) is 16.3. The lowest BCUT2D eigenvalue weighted by Crippen LogP contribution is -2.51. The molecule has 0 saturated carbocycles. The number of para-hydroxylation sites is 1. The van der Waals surface area contributed by atoms with Crippen molar-refractivity contribution in [3.63, 3.8) is 0 Å². The number of nitrogens with zero attached hydrogens (tertiary/aromatic N) is 3. The van der Waals surface area contributed by atoms with E-state index in [1.807, 2.05) is 47.4 Å². The minimum absolute atomic E-state index is 0. The number of rotatable bonds is 2. The number of benzene rings is 1. The molecule has 3 aromatic rings. The van der Waals surface area contributed by atoms with E-state index in [2.05, 4.69) is 17.2 Å². The molecule has 142 valence electrons. The third-order valence-electron chi connectivity index (χ3n) is 4.58. The summed E-state index contributed by atoms with van der Waals surface area (Å²) < 4.78 is 0. The van der Waals surface area contributed by atoms with Crippen molar-refractivity contribution in [1.29, 1.82) is 0 Å². The van der Waals surface area contributed by atoms with Crippen molar-refractivity contribution in [3.05, 3.63) is 60.4 Å². The van der Waals surface area contributed by atoms with Crippen molar-refractivity contribution in [3.8, 4) is 11.3 Å². The van der Waals surface area contributed by atoms with Gasteiger partial charge in [-0.2, -0.15) is 0 Å². The average Bonchev–Trinajstić information content (AvgIpc) is 2.67. The van der Waals surface area contributed by atoms with E-state index in [-0.39, 0.29) is 30.7 Å². The van der Waals surface area contributed by atoms with Gasteiger partial charge >= 0.3 is 0 Å².